The van der Waals surface area contributed by atoms with E-state index in [1.54, 1.807) is 6.20 Å². The zero-order chi connectivity index (χ0) is 13.1. The van der Waals surface area contributed by atoms with Gasteiger partial charge in [0, 0.05) is 30.3 Å². The summed E-state index contributed by atoms with van der Waals surface area (Å²) in [6, 6.07) is 1.95. The number of likely N-dealkylation sites (N-methyl/N-ethyl adjacent to an activating group) is 1. The van der Waals surface area contributed by atoms with Crippen LogP contribution in [0.2, 0.25) is 0 Å². The summed E-state index contributed by atoms with van der Waals surface area (Å²) in [5, 5.41) is 8.80. The Balaban J connectivity index is 2.12. The van der Waals surface area contributed by atoms with Crippen molar-refractivity contribution in [1.82, 2.24) is 14.9 Å². The van der Waals surface area contributed by atoms with E-state index in [2.05, 4.69) is 21.9 Å². The number of aromatic nitrogens is 2. The van der Waals surface area contributed by atoms with E-state index in [9.17, 15) is 4.79 Å². The largest absolute Gasteiger partial charge is 0.481 e. The van der Waals surface area contributed by atoms with Crippen molar-refractivity contribution in [1.29, 1.82) is 0 Å². The van der Waals surface area contributed by atoms with Gasteiger partial charge in [-0.3, -0.25) is 4.79 Å². The molecule has 98 valence electrons. The Kier molecular flexibility index (Phi) is 3.91. The van der Waals surface area contributed by atoms with Crippen molar-refractivity contribution in [3.8, 4) is 0 Å². The molecule has 1 aromatic rings. The first-order valence-corrected chi connectivity index (χ1v) is 6.29. The van der Waals surface area contributed by atoms with Gasteiger partial charge in [0.15, 0.2) is 0 Å². The van der Waals surface area contributed by atoms with Gasteiger partial charge in [0.1, 0.15) is 5.82 Å². The first kappa shape index (κ1) is 13.0. The lowest BCUT2D eigenvalue weighted by Gasteiger charge is -2.13. The molecule has 1 saturated heterocycles. The van der Waals surface area contributed by atoms with E-state index < -0.39 is 5.97 Å². The third-order valence-electron chi connectivity index (χ3n) is 3.43. The van der Waals surface area contributed by atoms with Gasteiger partial charge in [-0.25, -0.2) is 9.97 Å². The zero-order valence-corrected chi connectivity index (χ0v) is 10.8. The van der Waals surface area contributed by atoms with Crippen LogP contribution >= 0.6 is 0 Å². The molecule has 0 amide bonds. The number of hydrogen-bond acceptors (Lipinski definition) is 4. The highest BCUT2D eigenvalue weighted by molar-refractivity contribution is 5.67. The smallest absolute Gasteiger partial charge is 0.304 e. The molecule has 5 heteroatoms. The lowest BCUT2D eigenvalue weighted by Crippen LogP contribution is -2.14. The van der Waals surface area contributed by atoms with E-state index in [1.165, 1.54) is 0 Å². The Morgan fingerprint density at radius 2 is 2.44 bits per heavy atom. The second kappa shape index (κ2) is 5.44. The normalized spacial score (nSPS) is 22.0. The number of nitrogens with zero attached hydrogens (tertiary/aromatic N) is 3. The standard InChI is InChI=1S/C13H19N3O2/c1-9(7-12(17)18)13-14-5-3-11(15-13)10-4-6-16(2)8-10/h3,5,9-10H,4,6-8H2,1-2H3,(H,17,18). The summed E-state index contributed by atoms with van der Waals surface area (Å²) in [7, 11) is 2.11. The summed E-state index contributed by atoms with van der Waals surface area (Å²) in [5.74, 6) is 0.150. The number of hydrogen-bond donors (Lipinski definition) is 1. The molecule has 2 rings (SSSR count). The third kappa shape index (κ3) is 3.04. The minimum Gasteiger partial charge on any atom is -0.481 e. The van der Waals surface area contributed by atoms with E-state index in [-0.39, 0.29) is 12.3 Å². The molecule has 0 saturated carbocycles. The van der Waals surface area contributed by atoms with Gasteiger partial charge in [0.25, 0.3) is 0 Å². The van der Waals surface area contributed by atoms with Crippen LogP contribution in [0.4, 0.5) is 0 Å². The summed E-state index contributed by atoms with van der Waals surface area (Å²) >= 11 is 0. The highest BCUT2D eigenvalue weighted by atomic mass is 16.4. The van der Waals surface area contributed by atoms with Crippen molar-refractivity contribution >= 4 is 5.97 Å². The van der Waals surface area contributed by atoms with Crippen molar-refractivity contribution in [2.24, 2.45) is 0 Å². The van der Waals surface area contributed by atoms with Gasteiger partial charge in [0.05, 0.1) is 6.42 Å². The zero-order valence-electron chi connectivity index (χ0n) is 10.8. The average Bonchev–Trinajstić information content (AvgIpc) is 2.75. The number of carboxylic acids is 1. The van der Waals surface area contributed by atoms with Crippen molar-refractivity contribution in [2.45, 2.75) is 31.6 Å². The lowest BCUT2D eigenvalue weighted by atomic mass is 10.0. The molecule has 1 fully saturated rings. The van der Waals surface area contributed by atoms with Crippen LogP contribution in [-0.2, 0) is 4.79 Å². The van der Waals surface area contributed by atoms with Crippen LogP contribution in [0.25, 0.3) is 0 Å². The number of carbonyl (C=O) groups is 1. The fourth-order valence-corrected chi connectivity index (χ4v) is 2.38. The SMILES string of the molecule is CC(CC(=O)O)c1nccc(C2CCN(C)C2)n1. The molecule has 1 aliphatic rings. The number of carboxylic acid groups (broad SMARTS) is 1. The molecule has 1 aromatic heterocycles. The molecule has 18 heavy (non-hydrogen) atoms. The van der Waals surface area contributed by atoms with Crippen LogP contribution in [0, 0.1) is 0 Å². The first-order chi connectivity index (χ1) is 8.56. The van der Waals surface area contributed by atoms with Gasteiger partial charge >= 0.3 is 5.97 Å². The minimum absolute atomic E-state index is 0.0774. The summed E-state index contributed by atoms with van der Waals surface area (Å²) in [5.41, 5.74) is 1.04. The van der Waals surface area contributed by atoms with Gasteiger partial charge < -0.3 is 10.0 Å². The second-order valence-electron chi connectivity index (χ2n) is 5.09. The fraction of sp³-hybridized carbons (Fsp3) is 0.615. The molecule has 2 heterocycles. The molecule has 0 aromatic carbocycles. The van der Waals surface area contributed by atoms with E-state index in [4.69, 9.17) is 5.11 Å². The molecule has 0 bridgehead atoms. The number of likely N-dealkylation sites (tertiary alicyclic amines) is 1. The van der Waals surface area contributed by atoms with Crippen LogP contribution in [0.1, 0.15) is 43.1 Å². The molecule has 2 unspecified atom stereocenters. The average molecular weight is 249 g/mol. The summed E-state index contributed by atoms with van der Waals surface area (Å²) in [4.78, 5) is 21.7. The van der Waals surface area contributed by atoms with Gasteiger partial charge in [-0.05, 0) is 26.1 Å². The van der Waals surface area contributed by atoms with Crippen molar-refractivity contribution < 1.29 is 9.90 Å². The van der Waals surface area contributed by atoms with E-state index in [1.807, 2.05) is 13.0 Å². The third-order valence-corrected chi connectivity index (χ3v) is 3.43. The maximum Gasteiger partial charge on any atom is 0.304 e. The predicted molar refractivity (Wildman–Crippen MR) is 67.6 cm³/mol. The predicted octanol–water partition coefficient (Wildman–Crippen LogP) is 1.47. The molecule has 2 atom stereocenters. The van der Waals surface area contributed by atoms with Crippen LogP contribution in [0.5, 0.6) is 0 Å². The van der Waals surface area contributed by atoms with Crippen molar-refractivity contribution in [2.75, 3.05) is 20.1 Å². The van der Waals surface area contributed by atoms with Gasteiger partial charge in [-0.15, -0.1) is 0 Å². The maximum atomic E-state index is 10.7. The highest BCUT2D eigenvalue weighted by Gasteiger charge is 2.23. The molecule has 0 aliphatic carbocycles. The van der Waals surface area contributed by atoms with Crippen LogP contribution in [0.15, 0.2) is 12.3 Å². The van der Waals surface area contributed by atoms with Crippen LogP contribution in [0.3, 0.4) is 0 Å². The Morgan fingerprint density at radius 1 is 1.67 bits per heavy atom. The van der Waals surface area contributed by atoms with Crippen molar-refractivity contribution in [3.63, 3.8) is 0 Å². The van der Waals surface area contributed by atoms with Gasteiger partial charge in [-0.2, -0.15) is 0 Å². The molecule has 1 aliphatic heterocycles. The summed E-state index contributed by atoms with van der Waals surface area (Å²) in [6.45, 7) is 3.96. The van der Waals surface area contributed by atoms with Crippen molar-refractivity contribution in [3.05, 3.63) is 23.8 Å². The monoisotopic (exact) mass is 249 g/mol. The Hall–Kier alpha value is -1.49. The second-order valence-corrected chi connectivity index (χ2v) is 5.09. The molecule has 5 nitrogen and oxygen atoms in total. The molecular formula is C13H19N3O2. The quantitative estimate of drug-likeness (QED) is 0.875. The Morgan fingerprint density at radius 3 is 3.06 bits per heavy atom. The van der Waals surface area contributed by atoms with Gasteiger partial charge in [-0.1, -0.05) is 6.92 Å². The first-order valence-electron chi connectivity index (χ1n) is 6.29. The topological polar surface area (TPSA) is 66.3 Å². The van der Waals surface area contributed by atoms with Gasteiger partial charge in [0.2, 0.25) is 0 Å². The highest BCUT2D eigenvalue weighted by Crippen LogP contribution is 2.25. The Labute approximate surface area is 107 Å². The fourth-order valence-electron chi connectivity index (χ4n) is 2.38. The Bertz CT molecular complexity index is 436. The van der Waals surface area contributed by atoms with E-state index in [0.29, 0.717) is 11.7 Å². The van der Waals surface area contributed by atoms with Crippen LogP contribution in [-0.4, -0.2) is 46.1 Å². The van der Waals surface area contributed by atoms with E-state index >= 15 is 0 Å². The number of aliphatic carboxylic acids is 1. The molecule has 0 spiro atoms. The summed E-state index contributed by atoms with van der Waals surface area (Å²) < 4.78 is 0. The molecule has 1 N–H and O–H groups in total. The molecular weight excluding hydrogens is 230 g/mol. The molecule has 0 radical (unpaired) electrons. The maximum absolute atomic E-state index is 10.7. The lowest BCUT2D eigenvalue weighted by molar-refractivity contribution is -0.137. The minimum atomic E-state index is -0.808. The van der Waals surface area contributed by atoms with Crippen LogP contribution < -0.4 is 0 Å². The summed E-state index contributed by atoms with van der Waals surface area (Å²) in [6.07, 6.45) is 2.93. The van der Waals surface area contributed by atoms with E-state index in [0.717, 1.165) is 25.2 Å². The number of rotatable bonds is 4.